The van der Waals surface area contributed by atoms with Crippen molar-refractivity contribution in [2.75, 3.05) is 6.54 Å². The number of nitrogens with zero attached hydrogens (tertiary/aromatic N) is 2. The third-order valence-electron chi connectivity index (χ3n) is 3.77. The van der Waals surface area contributed by atoms with Gasteiger partial charge in [-0.25, -0.2) is 0 Å². The van der Waals surface area contributed by atoms with E-state index in [-0.39, 0.29) is 0 Å². The zero-order valence-corrected chi connectivity index (χ0v) is 12.9. The largest absolute Gasteiger partial charge is 0.314 e. The molecule has 0 aliphatic heterocycles. The minimum absolute atomic E-state index is 0.534. The van der Waals surface area contributed by atoms with Gasteiger partial charge in [0.15, 0.2) is 0 Å². The molecule has 106 valence electrons. The number of rotatable bonds is 5. The van der Waals surface area contributed by atoms with Crippen LogP contribution in [0.25, 0.3) is 0 Å². The fourth-order valence-electron chi connectivity index (χ4n) is 2.73. The van der Waals surface area contributed by atoms with Crippen molar-refractivity contribution in [1.29, 1.82) is 0 Å². The molecule has 1 aromatic heterocycles. The van der Waals surface area contributed by atoms with Crippen LogP contribution in [0.3, 0.4) is 0 Å². The number of nitrogens with one attached hydrogen (secondary N) is 1. The van der Waals surface area contributed by atoms with Crippen LogP contribution >= 0.6 is 11.3 Å². The van der Waals surface area contributed by atoms with Crippen LogP contribution in [0.4, 0.5) is 0 Å². The van der Waals surface area contributed by atoms with Crippen LogP contribution in [0, 0.1) is 0 Å². The molecule has 0 atom stereocenters. The molecule has 0 radical (unpaired) electrons. The number of fused-ring (bicyclic) bond motifs is 1. The smallest absolute Gasteiger partial charge is 0.121 e. The molecule has 20 heavy (non-hydrogen) atoms. The van der Waals surface area contributed by atoms with Crippen LogP contribution in [0.15, 0.2) is 24.3 Å². The monoisotopic (exact) mass is 287 g/mol. The molecule has 0 fully saturated rings. The molecule has 1 aromatic carbocycles. The van der Waals surface area contributed by atoms with Crippen molar-refractivity contribution in [1.82, 2.24) is 15.5 Å². The molecule has 1 aliphatic rings. The summed E-state index contributed by atoms with van der Waals surface area (Å²) < 4.78 is 0. The first-order valence-corrected chi connectivity index (χ1v) is 8.16. The highest BCUT2D eigenvalue weighted by atomic mass is 32.1. The predicted octanol–water partition coefficient (Wildman–Crippen LogP) is 2.96. The maximum atomic E-state index is 4.42. The lowest BCUT2D eigenvalue weighted by Crippen LogP contribution is -2.24. The summed E-state index contributed by atoms with van der Waals surface area (Å²) in [6, 6.07) is 9.27. The molecule has 0 spiro atoms. The van der Waals surface area contributed by atoms with Gasteiger partial charge in [-0.15, -0.1) is 21.5 Å². The summed E-state index contributed by atoms with van der Waals surface area (Å²) in [4.78, 5) is 0. The fraction of sp³-hybridized carbons (Fsp3) is 0.500. The van der Waals surface area contributed by atoms with Crippen LogP contribution in [-0.2, 0) is 19.3 Å². The average Bonchev–Trinajstić information content (AvgIpc) is 3.03. The summed E-state index contributed by atoms with van der Waals surface area (Å²) in [7, 11) is 0. The average molecular weight is 287 g/mol. The van der Waals surface area contributed by atoms with Gasteiger partial charge in [-0.05, 0) is 24.0 Å². The summed E-state index contributed by atoms with van der Waals surface area (Å²) in [6.07, 6.45) is 3.22. The summed E-state index contributed by atoms with van der Waals surface area (Å²) in [5.41, 5.74) is 2.96. The molecule has 0 bridgehead atoms. The van der Waals surface area contributed by atoms with Crippen molar-refractivity contribution in [3.63, 3.8) is 0 Å². The van der Waals surface area contributed by atoms with E-state index in [1.54, 1.807) is 11.3 Å². The van der Waals surface area contributed by atoms with Crippen molar-refractivity contribution < 1.29 is 0 Å². The van der Waals surface area contributed by atoms with E-state index in [4.69, 9.17) is 0 Å². The van der Waals surface area contributed by atoms with E-state index in [0.717, 1.165) is 30.8 Å². The lowest BCUT2D eigenvalue weighted by molar-refractivity contribution is 0.588. The van der Waals surface area contributed by atoms with Crippen molar-refractivity contribution in [3.05, 3.63) is 45.4 Å². The van der Waals surface area contributed by atoms with E-state index >= 15 is 0 Å². The Morgan fingerprint density at radius 2 is 1.90 bits per heavy atom. The Labute approximate surface area is 124 Å². The number of hydrogen-bond acceptors (Lipinski definition) is 4. The molecular formula is C16H21N3S. The molecule has 0 saturated heterocycles. The van der Waals surface area contributed by atoms with Crippen LogP contribution in [0.1, 0.15) is 40.9 Å². The molecule has 3 rings (SSSR count). The minimum Gasteiger partial charge on any atom is -0.314 e. The second-order valence-corrected chi connectivity index (χ2v) is 6.86. The topological polar surface area (TPSA) is 37.8 Å². The molecule has 1 heterocycles. The highest BCUT2D eigenvalue weighted by Crippen LogP contribution is 2.34. The van der Waals surface area contributed by atoms with Gasteiger partial charge in [-0.1, -0.05) is 38.1 Å². The summed E-state index contributed by atoms with van der Waals surface area (Å²) in [6.45, 7) is 5.32. The molecule has 0 saturated carbocycles. The Morgan fingerprint density at radius 1 is 1.20 bits per heavy atom. The number of aromatic nitrogens is 2. The Hall–Kier alpha value is -1.26. The van der Waals surface area contributed by atoms with E-state index in [0.29, 0.717) is 12.0 Å². The third kappa shape index (κ3) is 3.07. The number of benzene rings is 1. The molecular weight excluding hydrogens is 266 g/mol. The van der Waals surface area contributed by atoms with Crippen LogP contribution in [-0.4, -0.2) is 22.8 Å². The third-order valence-corrected chi connectivity index (χ3v) is 4.92. The normalized spacial score (nSPS) is 14.9. The first kappa shape index (κ1) is 13.7. The molecule has 1 aliphatic carbocycles. The zero-order valence-electron chi connectivity index (χ0n) is 12.1. The molecule has 2 aromatic rings. The Balaban J connectivity index is 1.61. The van der Waals surface area contributed by atoms with E-state index < -0.39 is 0 Å². The van der Waals surface area contributed by atoms with Crippen molar-refractivity contribution in [2.24, 2.45) is 0 Å². The predicted molar refractivity (Wildman–Crippen MR) is 83.3 cm³/mol. The summed E-state index contributed by atoms with van der Waals surface area (Å²) in [5.74, 6) is 0.539. The van der Waals surface area contributed by atoms with Gasteiger partial charge in [-0.3, -0.25) is 0 Å². The van der Waals surface area contributed by atoms with Gasteiger partial charge in [0.1, 0.15) is 10.0 Å². The maximum Gasteiger partial charge on any atom is 0.121 e. The van der Waals surface area contributed by atoms with Crippen molar-refractivity contribution in [2.45, 2.75) is 45.1 Å². The van der Waals surface area contributed by atoms with Crippen molar-refractivity contribution >= 4 is 11.3 Å². The first-order chi connectivity index (χ1) is 9.72. The maximum absolute atomic E-state index is 4.42. The standard InChI is InChI=1S/C16H21N3S/c1-11(2)17-8-7-15-18-19-16(20-15)14-9-12-5-3-4-6-13(12)10-14/h3-6,11,14,17H,7-10H2,1-2H3. The van der Waals surface area contributed by atoms with E-state index in [9.17, 15) is 0 Å². The van der Waals surface area contributed by atoms with E-state index in [1.807, 2.05) is 0 Å². The molecule has 4 heteroatoms. The molecule has 3 nitrogen and oxygen atoms in total. The highest BCUT2D eigenvalue weighted by molar-refractivity contribution is 7.11. The second kappa shape index (κ2) is 6.02. The molecule has 0 unspecified atom stereocenters. The second-order valence-electron chi connectivity index (χ2n) is 5.77. The Kier molecular flexibility index (Phi) is 4.13. The Bertz CT molecular complexity index is 552. The highest BCUT2D eigenvalue weighted by Gasteiger charge is 2.25. The Morgan fingerprint density at radius 3 is 2.55 bits per heavy atom. The number of hydrogen-bond donors (Lipinski definition) is 1. The molecule has 0 amide bonds. The van der Waals surface area contributed by atoms with Gasteiger partial charge < -0.3 is 5.32 Å². The van der Waals surface area contributed by atoms with Gasteiger partial charge in [-0.2, -0.15) is 0 Å². The summed E-state index contributed by atoms with van der Waals surface area (Å²) >= 11 is 1.79. The van der Waals surface area contributed by atoms with Gasteiger partial charge in [0.2, 0.25) is 0 Å². The zero-order chi connectivity index (χ0) is 13.9. The van der Waals surface area contributed by atoms with Crippen LogP contribution in [0.2, 0.25) is 0 Å². The van der Waals surface area contributed by atoms with E-state index in [1.165, 1.54) is 16.1 Å². The SMILES string of the molecule is CC(C)NCCc1nnc(C2Cc3ccccc3C2)s1. The van der Waals surface area contributed by atoms with Crippen molar-refractivity contribution in [3.8, 4) is 0 Å². The van der Waals surface area contributed by atoms with Crippen LogP contribution in [0.5, 0.6) is 0 Å². The first-order valence-electron chi connectivity index (χ1n) is 7.35. The van der Waals surface area contributed by atoms with Gasteiger partial charge >= 0.3 is 0 Å². The lowest BCUT2D eigenvalue weighted by atomic mass is 10.1. The van der Waals surface area contributed by atoms with Gasteiger partial charge in [0.05, 0.1) is 0 Å². The lowest BCUT2D eigenvalue weighted by Gasteiger charge is -2.05. The summed E-state index contributed by atoms with van der Waals surface area (Å²) in [5, 5.41) is 14.6. The fourth-order valence-corrected chi connectivity index (χ4v) is 3.68. The minimum atomic E-state index is 0.534. The van der Waals surface area contributed by atoms with Gasteiger partial charge in [0.25, 0.3) is 0 Å². The van der Waals surface area contributed by atoms with Gasteiger partial charge in [0, 0.05) is 24.9 Å². The molecule has 1 N–H and O–H groups in total. The van der Waals surface area contributed by atoms with E-state index in [2.05, 4.69) is 53.6 Å². The van der Waals surface area contributed by atoms with Crippen LogP contribution < -0.4 is 5.32 Å². The quantitative estimate of drug-likeness (QED) is 0.918.